The molecule has 7 heteroatoms. The molecule has 5 aromatic carbocycles. The summed E-state index contributed by atoms with van der Waals surface area (Å²) < 4.78 is 12.7. The number of aromatic nitrogens is 1. The Balaban J connectivity index is 1.26. The SMILES string of the molecule is Bc1ccc(-c2ccc(C/N=C(\N=C(/N=C)c3cccc4c3oc3ccccc34)c3cccc4c3oc3ccccc34)cn2)cc1. The fourth-order valence-corrected chi connectivity index (χ4v) is 5.89. The number of hydrogen-bond acceptors (Lipinski definition) is 4. The third kappa shape index (κ3) is 4.88. The highest BCUT2D eigenvalue weighted by atomic mass is 16.3. The summed E-state index contributed by atoms with van der Waals surface area (Å²) in [6, 6.07) is 40.5. The van der Waals surface area contributed by atoms with E-state index in [4.69, 9.17) is 23.8 Å². The van der Waals surface area contributed by atoms with Gasteiger partial charge in [0, 0.05) is 33.3 Å². The quantitative estimate of drug-likeness (QED) is 0.116. The minimum absolute atomic E-state index is 0.357. The van der Waals surface area contributed by atoms with Crippen LogP contribution in [0.3, 0.4) is 0 Å². The lowest BCUT2D eigenvalue weighted by atomic mass is 9.95. The first kappa shape index (κ1) is 27.5. The fraction of sp³-hybridized carbons (Fsp3) is 0.0256. The minimum atomic E-state index is 0.357. The monoisotopic (exact) mass is 594 g/mol. The topological polar surface area (TPSA) is 76.2 Å². The molecule has 46 heavy (non-hydrogen) atoms. The molecule has 0 N–H and O–H groups in total. The zero-order valence-electron chi connectivity index (χ0n) is 25.1. The smallest absolute Gasteiger partial charge is 0.164 e. The van der Waals surface area contributed by atoms with E-state index in [0.29, 0.717) is 29.4 Å². The van der Waals surface area contributed by atoms with Gasteiger partial charge in [0.2, 0.25) is 0 Å². The van der Waals surface area contributed by atoms with Gasteiger partial charge >= 0.3 is 0 Å². The normalized spacial score (nSPS) is 12.4. The molecule has 0 spiro atoms. The van der Waals surface area contributed by atoms with Crippen LogP contribution in [-0.2, 0) is 6.54 Å². The molecule has 0 amide bonds. The van der Waals surface area contributed by atoms with Crippen molar-refractivity contribution in [2.75, 3.05) is 0 Å². The number of hydrogen-bond donors (Lipinski definition) is 0. The molecule has 0 aliphatic heterocycles. The van der Waals surface area contributed by atoms with E-state index < -0.39 is 0 Å². The number of fused-ring (bicyclic) bond motifs is 6. The highest BCUT2D eigenvalue weighted by Crippen LogP contribution is 2.33. The van der Waals surface area contributed by atoms with Crippen LogP contribution in [0.5, 0.6) is 0 Å². The predicted octanol–water partition coefficient (Wildman–Crippen LogP) is 7.90. The van der Waals surface area contributed by atoms with E-state index in [1.54, 1.807) is 0 Å². The van der Waals surface area contributed by atoms with Crippen LogP contribution in [0.2, 0.25) is 0 Å². The molecule has 8 rings (SSSR count). The Morgan fingerprint density at radius 1 is 0.630 bits per heavy atom. The summed E-state index contributed by atoms with van der Waals surface area (Å²) in [4.78, 5) is 19.2. The van der Waals surface area contributed by atoms with E-state index in [0.717, 1.165) is 60.7 Å². The van der Waals surface area contributed by atoms with Crippen molar-refractivity contribution in [1.29, 1.82) is 0 Å². The van der Waals surface area contributed by atoms with Gasteiger partial charge in [-0.2, -0.15) is 0 Å². The average molecular weight is 594 g/mol. The Hall–Kier alpha value is -6.08. The van der Waals surface area contributed by atoms with Gasteiger partial charge in [-0.3, -0.25) is 9.98 Å². The molecule has 0 atom stereocenters. The van der Waals surface area contributed by atoms with E-state index in [1.807, 2.05) is 79.0 Å². The molecule has 0 unspecified atom stereocenters. The molecule has 0 aliphatic carbocycles. The summed E-state index contributed by atoms with van der Waals surface area (Å²) in [7, 11) is 2.08. The van der Waals surface area contributed by atoms with Crippen molar-refractivity contribution in [2.24, 2.45) is 15.0 Å². The highest BCUT2D eigenvalue weighted by Gasteiger charge is 2.18. The summed E-state index contributed by atoms with van der Waals surface area (Å²) >= 11 is 0. The molecule has 0 fully saturated rings. The maximum Gasteiger partial charge on any atom is 0.164 e. The van der Waals surface area contributed by atoms with Crippen molar-refractivity contribution in [3.8, 4) is 11.3 Å². The predicted molar refractivity (Wildman–Crippen MR) is 192 cm³/mol. The molecule has 0 radical (unpaired) electrons. The largest absolute Gasteiger partial charge is 0.455 e. The third-order valence-corrected chi connectivity index (χ3v) is 8.24. The number of aliphatic imine (C=N–C) groups is 3. The molecule has 0 aliphatic rings. The number of benzene rings is 5. The Labute approximate surface area is 265 Å². The third-order valence-electron chi connectivity index (χ3n) is 8.24. The van der Waals surface area contributed by atoms with Gasteiger partial charge in [0.15, 0.2) is 11.7 Å². The van der Waals surface area contributed by atoms with Gasteiger partial charge in [-0.25, -0.2) is 9.98 Å². The van der Waals surface area contributed by atoms with Crippen molar-refractivity contribution in [2.45, 2.75) is 6.54 Å². The van der Waals surface area contributed by atoms with Crippen LogP contribution < -0.4 is 5.46 Å². The van der Waals surface area contributed by atoms with Crippen molar-refractivity contribution in [3.05, 3.63) is 144 Å². The molecule has 0 bridgehead atoms. The van der Waals surface area contributed by atoms with E-state index in [2.05, 4.69) is 68.1 Å². The second-order valence-electron chi connectivity index (χ2n) is 11.2. The Morgan fingerprint density at radius 3 is 1.80 bits per heavy atom. The van der Waals surface area contributed by atoms with Crippen molar-refractivity contribution >= 4 is 75.6 Å². The Bertz CT molecular complexity index is 2470. The van der Waals surface area contributed by atoms with Crippen LogP contribution in [0.15, 0.2) is 151 Å². The lowest BCUT2D eigenvalue weighted by molar-refractivity contribution is 0.668. The first-order chi connectivity index (χ1) is 22.7. The summed E-state index contributed by atoms with van der Waals surface area (Å²) in [6.07, 6.45) is 1.86. The zero-order valence-corrected chi connectivity index (χ0v) is 25.1. The number of pyridine rings is 1. The van der Waals surface area contributed by atoms with Crippen molar-refractivity contribution in [3.63, 3.8) is 0 Å². The van der Waals surface area contributed by atoms with Gasteiger partial charge in [-0.05, 0) is 42.6 Å². The van der Waals surface area contributed by atoms with E-state index in [-0.39, 0.29) is 0 Å². The number of para-hydroxylation sites is 4. The van der Waals surface area contributed by atoms with Crippen LogP contribution in [0.4, 0.5) is 0 Å². The van der Waals surface area contributed by atoms with Crippen molar-refractivity contribution in [1.82, 2.24) is 4.98 Å². The molecule has 8 aromatic rings. The zero-order chi connectivity index (χ0) is 31.0. The van der Waals surface area contributed by atoms with Crippen molar-refractivity contribution < 1.29 is 8.83 Å². The summed E-state index contributed by atoms with van der Waals surface area (Å²) in [5.74, 6) is 0.882. The van der Waals surface area contributed by atoms with E-state index >= 15 is 0 Å². The molecule has 0 saturated heterocycles. The van der Waals surface area contributed by atoms with Gasteiger partial charge in [0.25, 0.3) is 0 Å². The van der Waals surface area contributed by atoms with Crippen LogP contribution in [-0.4, -0.2) is 31.2 Å². The van der Waals surface area contributed by atoms with Gasteiger partial charge in [-0.15, -0.1) is 0 Å². The van der Waals surface area contributed by atoms with Crippen LogP contribution in [0, 0.1) is 0 Å². The van der Waals surface area contributed by atoms with E-state index in [9.17, 15) is 0 Å². The van der Waals surface area contributed by atoms with Gasteiger partial charge in [0.05, 0.1) is 23.4 Å². The van der Waals surface area contributed by atoms with E-state index in [1.165, 1.54) is 5.46 Å². The van der Waals surface area contributed by atoms with Gasteiger partial charge < -0.3 is 8.83 Å². The minimum Gasteiger partial charge on any atom is -0.455 e. The number of furan rings is 2. The van der Waals surface area contributed by atoms with Crippen LogP contribution in [0.1, 0.15) is 16.7 Å². The first-order valence-electron chi connectivity index (χ1n) is 15.1. The lowest BCUT2D eigenvalue weighted by Crippen LogP contribution is -2.06. The summed E-state index contributed by atoms with van der Waals surface area (Å²) in [6.45, 7) is 4.25. The summed E-state index contributed by atoms with van der Waals surface area (Å²) in [5.41, 5.74) is 8.66. The maximum atomic E-state index is 6.39. The fourth-order valence-electron chi connectivity index (χ4n) is 5.89. The number of rotatable bonds is 5. The van der Waals surface area contributed by atoms with Gasteiger partial charge in [0.1, 0.15) is 30.2 Å². The van der Waals surface area contributed by atoms with Gasteiger partial charge in [-0.1, -0.05) is 96.5 Å². The number of amidine groups is 2. The molecular formula is C39H27BN4O2. The molecule has 0 saturated carbocycles. The van der Waals surface area contributed by atoms with Crippen LogP contribution >= 0.6 is 0 Å². The first-order valence-corrected chi connectivity index (χ1v) is 15.1. The summed E-state index contributed by atoms with van der Waals surface area (Å²) in [5, 5.41) is 4.05. The standard InChI is InChI=1S/C39H27BN4O2/c1-41-38(31-12-6-10-29-27-8-2-4-14-34(27)45-36(29)31)44-39(32-13-7-11-30-28-9-3-5-15-35(28)46-37(30)32)43-23-24-16-21-33(42-22-24)25-17-19-26(40)20-18-25/h2-22H,1,23,40H2/b43-39-,44-38-. The second kappa shape index (κ2) is 11.5. The molecule has 6 nitrogen and oxygen atoms in total. The van der Waals surface area contributed by atoms with Crippen LogP contribution in [0.25, 0.3) is 55.1 Å². The Kier molecular flexibility index (Phi) is 6.84. The average Bonchev–Trinajstić information content (AvgIpc) is 3.68. The highest BCUT2D eigenvalue weighted by molar-refractivity contribution is 6.32. The maximum absolute atomic E-state index is 6.39. The Morgan fingerprint density at radius 2 is 1.22 bits per heavy atom. The number of nitrogens with zero attached hydrogens (tertiary/aromatic N) is 4. The molecule has 3 heterocycles. The molecule has 218 valence electrons. The molecular weight excluding hydrogens is 567 g/mol. The molecule has 3 aromatic heterocycles. The lowest BCUT2D eigenvalue weighted by Gasteiger charge is -2.07. The second-order valence-corrected chi connectivity index (χ2v) is 11.2.